The molecule has 1 fully saturated rings. The van der Waals surface area contributed by atoms with Crippen LogP contribution in [0.1, 0.15) is 18.9 Å². The summed E-state index contributed by atoms with van der Waals surface area (Å²) in [5.41, 5.74) is 0.960. The van der Waals surface area contributed by atoms with Gasteiger partial charge < -0.3 is 5.32 Å². The van der Waals surface area contributed by atoms with Crippen molar-refractivity contribution in [3.05, 3.63) is 54.6 Å². The number of amides is 1. The van der Waals surface area contributed by atoms with Crippen LogP contribution < -0.4 is 9.62 Å². The largest absolute Gasteiger partial charge is 0.325 e. The number of hydrogen-bond donors (Lipinski definition) is 1. The van der Waals surface area contributed by atoms with E-state index in [1.807, 2.05) is 6.07 Å². The summed E-state index contributed by atoms with van der Waals surface area (Å²) < 4.78 is 28.8. The molecule has 1 aliphatic rings. The van der Waals surface area contributed by atoms with Gasteiger partial charge in [0.05, 0.1) is 22.4 Å². The van der Waals surface area contributed by atoms with Gasteiger partial charge in [-0.2, -0.15) is 0 Å². The molecule has 1 aliphatic carbocycles. The van der Waals surface area contributed by atoms with Crippen LogP contribution in [0.3, 0.4) is 0 Å². The molecule has 9 nitrogen and oxygen atoms in total. The number of anilines is 2. The summed E-state index contributed by atoms with van der Waals surface area (Å²) in [6, 6.07) is 15.3. The van der Waals surface area contributed by atoms with Crippen molar-refractivity contribution >= 4 is 39.1 Å². The number of benzene rings is 2. The number of tetrazole rings is 1. The number of carbonyl (C=O) groups excluding carboxylic acids is 1. The summed E-state index contributed by atoms with van der Waals surface area (Å²) in [7, 11) is -2.26. The van der Waals surface area contributed by atoms with Gasteiger partial charge in [-0.15, -0.1) is 5.10 Å². The van der Waals surface area contributed by atoms with Gasteiger partial charge in [-0.25, -0.2) is 13.1 Å². The van der Waals surface area contributed by atoms with Crippen LogP contribution >= 0.6 is 11.8 Å². The maximum atomic E-state index is 12.9. The second-order valence-electron chi connectivity index (χ2n) is 6.81. The zero-order valence-corrected chi connectivity index (χ0v) is 17.8. The van der Waals surface area contributed by atoms with Crippen LogP contribution in [-0.2, 0) is 14.8 Å². The second-order valence-corrected chi connectivity index (χ2v) is 9.72. The van der Waals surface area contributed by atoms with E-state index < -0.39 is 10.0 Å². The van der Waals surface area contributed by atoms with Crippen molar-refractivity contribution in [2.24, 2.45) is 0 Å². The van der Waals surface area contributed by atoms with E-state index in [1.54, 1.807) is 41.1 Å². The standard InChI is InChI=1S/C19H20N6O3S2/c1-24(15-7-3-2-4-8-15)30(27,28)17-9-5-6-14(12-17)20-18(26)13-29-19-21-22-23-25(19)16-10-11-16/h2-9,12,16H,10-11,13H2,1H3,(H,20,26). The highest BCUT2D eigenvalue weighted by Crippen LogP contribution is 2.36. The third-order valence-corrected chi connectivity index (χ3v) is 7.30. The molecule has 2 aromatic carbocycles. The van der Waals surface area contributed by atoms with Crippen molar-refractivity contribution in [2.75, 3.05) is 22.4 Å². The van der Waals surface area contributed by atoms with E-state index in [1.165, 1.54) is 35.2 Å². The van der Waals surface area contributed by atoms with E-state index in [-0.39, 0.29) is 16.6 Å². The molecule has 0 radical (unpaired) electrons. The number of nitrogens with one attached hydrogen (secondary N) is 1. The van der Waals surface area contributed by atoms with Gasteiger partial charge in [0.15, 0.2) is 0 Å². The number of carbonyl (C=O) groups is 1. The van der Waals surface area contributed by atoms with E-state index in [2.05, 4.69) is 20.8 Å². The fourth-order valence-electron chi connectivity index (χ4n) is 2.83. The molecule has 0 unspecified atom stereocenters. The molecule has 156 valence electrons. The van der Waals surface area contributed by atoms with Crippen molar-refractivity contribution in [1.82, 2.24) is 20.2 Å². The predicted octanol–water partition coefficient (Wildman–Crippen LogP) is 2.56. The van der Waals surface area contributed by atoms with Crippen LogP contribution in [0.15, 0.2) is 64.6 Å². The lowest BCUT2D eigenvalue weighted by molar-refractivity contribution is -0.113. The average molecular weight is 445 g/mol. The first-order chi connectivity index (χ1) is 14.4. The molecule has 1 heterocycles. The molecule has 1 amide bonds. The lowest BCUT2D eigenvalue weighted by atomic mass is 10.3. The van der Waals surface area contributed by atoms with Crippen molar-refractivity contribution < 1.29 is 13.2 Å². The van der Waals surface area contributed by atoms with E-state index in [0.717, 1.165) is 12.8 Å². The molecule has 0 bridgehead atoms. The molecular formula is C19H20N6O3S2. The number of sulfonamides is 1. The first kappa shape index (κ1) is 20.4. The molecular weight excluding hydrogens is 424 g/mol. The van der Waals surface area contributed by atoms with Crippen LogP contribution in [0.4, 0.5) is 11.4 Å². The SMILES string of the molecule is CN(c1ccccc1)S(=O)(=O)c1cccc(NC(=O)CSc2nnnn2C2CC2)c1. The Labute approximate surface area is 178 Å². The van der Waals surface area contributed by atoms with Crippen LogP contribution in [0, 0.1) is 0 Å². The Morgan fingerprint density at radius 1 is 1.20 bits per heavy atom. The first-order valence-electron chi connectivity index (χ1n) is 9.30. The Morgan fingerprint density at radius 2 is 1.97 bits per heavy atom. The molecule has 0 saturated heterocycles. The fourth-order valence-corrected chi connectivity index (χ4v) is 4.81. The second kappa shape index (κ2) is 8.44. The minimum atomic E-state index is -3.76. The maximum absolute atomic E-state index is 12.9. The zero-order chi connectivity index (χ0) is 21.1. The summed E-state index contributed by atoms with van der Waals surface area (Å²) in [4.78, 5) is 12.4. The predicted molar refractivity (Wildman–Crippen MR) is 114 cm³/mol. The van der Waals surface area contributed by atoms with Gasteiger partial charge in [-0.05, 0) is 53.6 Å². The van der Waals surface area contributed by atoms with Crippen molar-refractivity contribution in [3.8, 4) is 0 Å². The van der Waals surface area contributed by atoms with E-state index in [4.69, 9.17) is 0 Å². The Bertz CT molecular complexity index is 1150. The molecule has 1 N–H and O–H groups in total. The minimum absolute atomic E-state index is 0.0944. The summed E-state index contributed by atoms with van der Waals surface area (Å²) in [5.74, 6) is -0.148. The smallest absolute Gasteiger partial charge is 0.264 e. The van der Waals surface area contributed by atoms with Crippen molar-refractivity contribution in [1.29, 1.82) is 0 Å². The van der Waals surface area contributed by atoms with E-state index in [0.29, 0.717) is 22.6 Å². The van der Waals surface area contributed by atoms with Crippen LogP contribution in [0.2, 0.25) is 0 Å². The molecule has 4 rings (SSSR count). The lowest BCUT2D eigenvalue weighted by Gasteiger charge is -2.19. The molecule has 30 heavy (non-hydrogen) atoms. The van der Waals surface area contributed by atoms with E-state index in [9.17, 15) is 13.2 Å². The van der Waals surface area contributed by atoms with Gasteiger partial charge in [0.1, 0.15) is 0 Å². The lowest BCUT2D eigenvalue weighted by Crippen LogP contribution is -2.26. The van der Waals surface area contributed by atoms with Crippen LogP contribution in [-0.4, -0.2) is 47.3 Å². The zero-order valence-electron chi connectivity index (χ0n) is 16.2. The molecule has 11 heteroatoms. The van der Waals surface area contributed by atoms with Gasteiger partial charge in [0, 0.05) is 12.7 Å². The fraction of sp³-hybridized carbons (Fsp3) is 0.263. The monoisotopic (exact) mass is 444 g/mol. The number of para-hydroxylation sites is 1. The highest BCUT2D eigenvalue weighted by atomic mass is 32.2. The molecule has 3 aromatic rings. The normalized spacial score (nSPS) is 13.8. The van der Waals surface area contributed by atoms with Gasteiger partial charge in [0.2, 0.25) is 11.1 Å². The first-order valence-corrected chi connectivity index (χ1v) is 11.7. The van der Waals surface area contributed by atoms with Crippen molar-refractivity contribution in [3.63, 3.8) is 0 Å². The quantitative estimate of drug-likeness (QED) is 0.532. The molecule has 0 spiro atoms. The highest BCUT2D eigenvalue weighted by molar-refractivity contribution is 7.99. The van der Waals surface area contributed by atoms with Crippen molar-refractivity contribution in [2.45, 2.75) is 28.9 Å². The maximum Gasteiger partial charge on any atom is 0.264 e. The van der Waals surface area contributed by atoms with E-state index >= 15 is 0 Å². The third-order valence-electron chi connectivity index (χ3n) is 4.58. The Kier molecular flexibility index (Phi) is 5.73. The summed E-state index contributed by atoms with van der Waals surface area (Å²) in [6.45, 7) is 0. The number of nitrogens with zero attached hydrogens (tertiary/aromatic N) is 5. The number of aromatic nitrogens is 4. The summed E-state index contributed by atoms with van der Waals surface area (Å²) in [6.07, 6.45) is 2.09. The van der Waals surface area contributed by atoms with Gasteiger partial charge in [0.25, 0.3) is 10.0 Å². The molecule has 1 aromatic heterocycles. The number of rotatable bonds is 8. The Hall–Kier alpha value is -2.92. The highest BCUT2D eigenvalue weighted by Gasteiger charge is 2.28. The van der Waals surface area contributed by atoms with Gasteiger partial charge in [-0.3, -0.25) is 9.10 Å². The average Bonchev–Trinajstić information content (AvgIpc) is 3.50. The molecule has 0 aliphatic heterocycles. The Balaban J connectivity index is 1.42. The number of thioether (sulfide) groups is 1. The van der Waals surface area contributed by atoms with Crippen LogP contribution in [0.5, 0.6) is 0 Å². The van der Waals surface area contributed by atoms with Gasteiger partial charge in [-0.1, -0.05) is 36.0 Å². The third kappa shape index (κ3) is 4.46. The summed E-state index contributed by atoms with van der Waals surface area (Å²) in [5, 5.41) is 14.9. The number of hydrogen-bond acceptors (Lipinski definition) is 7. The summed E-state index contributed by atoms with van der Waals surface area (Å²) >= 11 is 1.25. The minimum Gasteiger partial charge on any atom is -0.325 e. The molecule has 1 saturated carbocycles. The molecule has 0 atom stereocenters. The van der Waals surface area contributed by atoms with Crippen LogP contribution in [0.25, 0.3) is 0 Å². The van der Waals surface area contributed by atoms with Gasteiger partial charge >= 0.3 is 0 Å². The Morgan fingerprint density at radius 3 is 2.70 bits per heavy atom. The topological polar surface area (TPSA) is 110 Å².